The van der Waals surface area contributed by atoms with Gasteiger partial charge in [-0.2, -0.15) is 0 Å². The van der Waals surface area contributed by atoms with Crippen molar-refractivity contribution in [1.82, 2.24) is 10.2 Å². The van der Waals surface area contributed by atoms with Gasteiger partial charge in [-0.25, -0.2) is 0 Å². The van der Waals surface area contributed by atoms with Crippen molar-refractivity contribution in [1.29, 1.82) is 0 Å². The van der Waals surface area contributed by atoms with Crippen molar-refractivity contribution in [3.05, 3.63) is 35.4 Å². The maximum absolute atomic E-state index is 3.54. The molecule has 1 saturated heterocycles. The van der Waals surface area contributed by atoms with E-state index in [0.717, 1.165) is 13.1 Å². The van der Waals surface area contributed by atoms with E-state index in [4.69, 9.17) is 0 Å². The molecule has 1 fully saturated rings. The predicted molar refractivity (Wildman–Crippen MR) is 91.3 cm³/mol. The van der Waals surface area contributed by atoms with Gasteiger partial charge in [0.25, 0.3) is 0 Å². The third-order valence-corrected chi connectivity index (χ3v) is 4.46. The Morgan fingerprint density at radius 1 is 1.00 bits per heavy atom. The highest BCUT2D eigenvalue weighted by Gasteiger charge is 2.25. The van der Waals surface area contributed by atoms with Crippen LogP contribution < -0.4 is 5.32 Å². The molecule has 1 aromatic rings. The van der Waals surface area contributed by atoms with Crippen LogP contribution in [0.15, 0.2) is 24.3 Å². The van der Waals surface area contributed by atoms with Crippen molar-refractivity contribution in [3.63, 3.8) is 0 Å². The van der Waals surface area contributed by atoms with Crippen molar-refractivity contribution in [2.45, 2.75) is 66.1 Å². The number of hydrogen-bond acceptors (Lipinski definition) is 2. The summed E-state index contributed by atoms with van der Waals surface area (Å²) in [5, 5.41) is 3.54. The Morgan fingerprint density at radius 2 is 1.52 bits per heavy atom. The zero-order valence-corrected chi connectivity index (χ0v) is 14.5. The molecule has 1 aliphatic rings. The van der Waals surface area contributed by atoms with E-state index in [-0.39, 0.29) is 5.54 Å². The van der Waals surface area contributed by atoms with Gasteiger partial charge in [-0.05, 0) is 63.2 Å². The third-order valence-electron chi connectivity index (χ3n) is 4.46. The van der Waals surface area contributed by atoms with Crippen LogP contribution in [-0.2, 0) is 13.1 Å². The van der Waals surface area contributed by atoms with Crippen LogP contribution >= 0.6 is 0 Å². The Hall–Kier alpha value is -0.860. The van der Waals surface area contributed by atoms with Gasteiger partial charge in [-0.1, -0.05) is 38.1 Å². The van der Waals surface area contributed by atoms with E-state index in [9.17, 15) is 0 Å². The van der Waals surface area contributed by atoms with Crippen LogP contribution in [-0.4, -0.2) is 23.5 Å². The molecule has 0 bridgehead atoms. The second kappa shape index (κ2) is 6.50. The van der Waals surface area contributed by atoms with Gasteiger partial charge in [0.15, 0.2) is 0 Å². The number of hydrogen-bond donors (Lipinski definition) is 1. The van der Waals surface area contributed by atoms with Gasteiger partial charge >= 0.3 is 0 Å². The van der Waals surface area contributed by atoms with Gasteiger partial charge in [0.1, 0.15) is 0 Å². The highest BCUT2D eigenvalue weighted by Crippen LogP contribution is 2.30. The Morgan fingerprint density at radius 3 is 2.05 bits per heavy atom. The molecule has 0 saturated carbocycles. The van der Waals surface area contributed by atoms with E-state index in [2.05, 4.69) is 69.1 Å². The number of rotatable bonds is 4. The fraction of sp³-hybridized carbons (Fsp3) is 0.684. The lowest BCUT2D eigenvalue weighted by Gasteiger charge is -2.36. The lowest BCUT2D eigenvalue weighted by Crippen LogP contribution is -2.36. The first kappa shape index (κ1) is 16.5. The van der Waals surface area contributed by atoms with Crippen molar-refractivity contribution >= 4 is 0 Å². The molecule has 0 spiro atoms. The first-order valence-corrected chi connectivity index (χ1v) is 8.29. The van der Waals surface area contributed by atoms with Crippen LogP contribution in [0.1, 0.15) is 58.6 Å². The number of likely N-dealkylation sites (tertiary alicyclic amines) is 1. The van der Waals surface area contributed by atoms with Gasteiger partial charge in [0.2, 0.25) is 0 Å². The first-order chi connectivity index (χ1) is 9.73. The smallest absolute Gasteiger partial charge is 0.0233 e. The van der Waals surface area contributed by atoms with Gasteiger partial charge in [0.05, 0.1) is 0 Å². The molecule has 2 nitrogen and oxygen atoms in total. The summed E-state index contributed by atoms with van der Waals surface area (Å²) in [6.07, 6.45) is 2.64. The number of piperidine rings is 1. The molecule has 1 N–H and O–H groups in total. The molecule has 1 aromatic carbocycles. The molecule has 1 heterocycles. The van der Waals surface area contributed by atoms with E-state index in [1.165, 1.54) is 37.1 Å². The Bertz CT molecular complexity index is 430. The van der Waals surface area contributed by atoms with Crippen LogP contribution in [0.2, 0.25) is 0 Å². The minimum Gasteiger partial charge on any atom is -0.308 e. The first-order valence-electron chi connectivity index (χ1n) is 8.29. The normalized spacial score (nSPS) is 19.7. The maximum atomic E-state index is 3.54. The maximum Gasteiger partial charge on any atom is 0.0233 e. The summed E-state index contributed by atoms with van der Waals surface area (Å²) in [5.41, 5.74) is 3.53. The molecule has 0 aromatic heterocycles. The van der Waals surface area contributed by atoms with Gasteiger partial charge in [-0.3, -0.25) is 4.90 Å². The van der Waals surface area contributed by atoms with Gasteiger partial charge in [0, 0.05) is 18.6 Å². The van der Waals surface area contributed by atoms with Crippen LogP contribution in [0.4, 0.5) is 0 Å². The van der Waals surface area contributed by atoms with E-state index in [0.29, 0.717) is 5.41 Å². The summed E-state index contributed by atoms with van der Waals surface area (Å²) in [4.78, 5) is 2.59. The fourth-order valence-corrected chi connectivity index (χ4v) is 2.70. The average molecular weight is 288 g/mol. The third kappa shape index (κ3) is 5.80. The molecule has 0 aliphatic carbocycles. The molecule has 2 heteroatoms. The van der Waals surface area contributed by atoms with Gasteiger partial charge < -0.3 is 5.32 Å². The van der Waals surface area contributed by atoms with Crippen molar-refractivity contribution in [2.75, 3.05) is 13.1 Å². The Kier molecular flexibility index (Phi) is 5.11. The lowest BCUT2D eigenvalue weighted by molar-refractivity contribution is 0.127. The topological polar surface area (TPSA) is 15.3 Å². The molecule has 1 aliphatic heterocycles. The van der Waals surface area contributed by atoms with E-state index >= 15 is 0 Å². The largest absolute Gasteiger partial charge is 0.308 e. The van der Waals surface area contributed by atoms with Crippen molar-refractivity contribution in [3.8, 4) is 0 Å². The Balaban J connectivity index is 1.83. The second-order valence-electron chi connectivity index (χ2n) is 8.36. The number of nitrogens with zero attached hydrogens (tertiary/aromatic N) is 1. The molecule has 0 amide bonds. The zero-order valence-electron chi connectivity index (χ0n) is 14.5. The summed E-state index contributed by atoms with van der Waals surface area (Å²) in [6.45, 7) is 15.9. The molecular formula is C19H32N2. The van der Waals surface area contributed by atoms with Crippen LogP contribution in [0.3, 0.4) is 0 Å². The second-order valence-corrected chi connectivity index (χ2v) is 8.36. The minimum atomic E-state index is 0.180. The van der Waals surface area contributed by atoms with Crippen molar-refractivity contribution in [2.24, 2.45) is 5.41 Å². The molecule has 0 atom stereocenters. The van der Waals surface area contributed by atoms with Crippen LogP contribution in [0.25, 0.3) is 0 Å². The molecular weight excluding hydrogens is 256 g/mol. The molecule has 2 rings (SSSR count). The SMILES string of the molecule is CC1(C)CCN(Cc2ccc(CNC(C)(C)C)cc2)CC1. The van der Waals surface area contributed by atoms with Crippen molar-refractivity contribution < 1.29 is 0 Å². The quantitative estimate of drug-likeness (QED) is 0.893. The molecule has 0 radical (unpaired) electrons. The molecule has 118 valence electrons. The number of nitrogens with one attached hydrogen (secondary N) is 1. The highest BCUT2D eigenvalue weighted by atomic mass is 15.1. The number of benzene rings is 1. The average Bonchev–Trinajstić information content (AvgIpc) is 2.40. The standard InChI is InChI=1S/C19H32N2/c1-18(2,3)20-14-16-6-8-17(9-7-16)15-21-12-10-19(4,5)11-13-21/h6-9,20H,10-15H2,1-5H3. The molecule has 0 unspecified atom stereocenters. The summed E-state index contributed by atoms with van der Waals surface area (Å²) < 4.78 is 0. The van der Waals surface area contributed by atoms with E-state index in [1.807, 2.05) is 0 Å². The van der Waals surface area contributed by atoms with Crippen LogP contribution in [0, 0.1) is 5.41 Å². The zero-order chi connectivity index (χ0) is 15.5. The monoisotopic (exact) mass is 288 g/mol. The lowest BCUT2D eigenvalue weighted by atomic mass is 9.82. The van der Waals surface area contributed by atoms with Crippen LogP contribution in [0.5, 0.6) is 0 Å². The summed E-state index contributed by atoms with van der Waals surface area (Å²) in [7, 11) is 0. The predicted octanol–water partition coefficient (Wildman–Crippen LogP) is 4.20. The van der Waals surface area contributed by atoms with Gasteiger partial charge in [-0.15, -0.1) is 0 Å². The summed E-state index contributed by atoms with van der Waals surface area (Å²) in [6, 6.07) is 9.11. The minimum absolute atomic E-state index is 0.180. The molecule has 21 heavy (non-hydrogen) atoms. The Labute approximate surface area is 130 Å². The summed E-state index contributed by atoms with van der Waals surface area (Å²) in [5.74, 6) is 0. The summed E-state index contributed by atoms with van der Waals surface area (Å²) >= 11 is 0. The fourth-order valence-electron chi connectivity index (χ4n) is 2.70. The van der Waals surface area contributed by atoms with E-state index in [1.54, 1.807) is 0 Å². The van der Waals surface area contributed by atoms with E-state index < -0.39 is 0 Å². The highest BCUT2D eigenvalue weighted by molar-refractivity contribution is 5.22.